The summed E-state index contributed by atoms with van der Waals surface area (Å²) in [6, 6.07) is 18.4. The largest absolute Gasteiger partial charge is 0.444 e. The van der Waals surface area contributed by atoms with Gasteiger partial charge in [-0.15, -0.1) is 0 Å². The van der Waals surface area contributed by atoms with Crippen molar-refractivity contribution in [3.05, 3.63) is 87.8 Å². The maximum Gasteiger partial charge on any atom is 0.290 e. The average molecular weight is 425 g/mol. The van der Waals surface area contributed by atoms with Crippen LogP contribution in [-0.2, 0) is 4.79 Å². The van der Waals surface area contributed by atoms with Gasteiger partial charge < -0.3 is 14.6 Å². The maximum absolute atomic E-state index is 13.2. The number of rotatable bonds is 2. The Bertz CT molecular complexity index is 1010. The van der Waals surface area contributed by atoms with Crippen LogP contribution in [0.15, 0.2) is 69.8 Å². The van der Waals surface area contributed by atoms with Crippen LogP contribution in [0.4, 0.5) is 5.69 Å². The molecule has 0 spiro atoms. The van der Waals surface area contributed by atoms with Gasteiger partial charge in [0.2, 0.25) is 5.91 Å². The van der Waals surface area contributed by atoms with Gasteiger partial charge in [-0.2, -0.15) is 0 Å². The van der Waals surface area contributed by atoms with E-state index in [2.05, 4.69) is 21.2 Å². The fraction of sp³-hybridized carbons (Fsp3) is 0.143. The summed E-state index contributed by atoms with van der Waals surface area (Å²) in [4.78, 5) is 27.3. The van der Waals surface area contributed by atoms with Gasteiger partial charge in [0.15, 0.2) is 10.4 Å². The molecule has 0 aliphatic carbocycles. The summed E-state index contributed by atoms with van der Waals surface area (Å²) < 4.78 is 5.93. The van der Waals surface area contributed by atoms with E-state index in [0.717, 1.165) is 22.4 Å². The molecule has 0 saturated heterocycles. The Labute approximate surface area is 165 Å². The molecule has 1 atom stereocenters. The van der Waals surface area contributed by atoms with E-state index in [9.17, 15) is 9.59 Å². The van der Waals surface area contributed by atoms with Crippen molar-refractivity contribution in [3.63, 3.8) is 0 Å². The van der Waals surface area contributed by atoms with Gasteiger partial charge in [-0.3, -0.25) is 9.59 Å². The van der Waals surface area contributed by atoms with Gasteiger partial charge in [-0.1, -0.05) is 48.0 Å². The van der Waals surface area contributed by atoms with E-state index < -0.39 is 6.04 Å². The van der Waals surface area contributed by atoms with Crippen LogP contribution < -0.4 is 5.32 Å². The average Bonchev–Trinajstić information content (AvgIpc) is 3.03. The van der Waals surface area contributed by atoms with Crippen molar-refractivity contribution in [2.24, 2.45) is 0 Å². The zero-order valence-electron chi connectivity index (χ0n) is 14.6. The molecular weight excluding hydrogens is 408 g/mol. The lowest BCUT2D eigenvalue weighted by Crippen LogP contribution is -2.38. The Balaban J connectivity index is 1.89. The molecule has 0 saturated carbocycles. The minimum Gasteiger partial charge on any atom is -0.444 e. The number of aryl methyl sites for hydroxylation is 1. The van der Waals surface area contributed by atoms with Crippen LogP contribution in [0, 0.1) is 6.92 Å². The molecular formula is C21H17BrN2O3. The summed E-state index contributed by atoms with van der Waals surface area (Å²) in [6.45, 7) is 1.93. The first kappa shape index (κ1) is 17.5. The molecule has 1 N–H and O–H groups in total. The number of hydrogen-bond acceptors (Lipinski definition) is 3. The number of nitrogens with one attached hydrogen (secondary N) is 1. The first-order chi connectivity index (χ1) is 13.0. The molecule has 0 unspecified atom stereocenters. The highest BCUT2D eigenvalue weighted by molar-refractivity contribution is 9.10. The van der Waals surface area contributed by atoms with Crippen molar-refractivity contribution in [1.29, 1.82) is 0 Å². The molecule has 1 aliphatic rings. The molecule has 6 heteroatoms. The number of furan rings is 1. The van der Waals surface area contributed by atoms with Gasteiger partial charge in [0.25, 0.3) is 5.91 Å². The van der Waals surface area contributed by atoms with Crippen molar-refractivity contribution < 1.29 is 14.0 Å². The number of carbonyl (C=O) groups excluding carboxylic acids is 2. The van der Waals surface area contributed by atoms with Gasteiger partial charge in [-0.05, 0) is 46.6 Å². The van der Waals surface area contributed by atoms with Crippen LogP contribution in [0.3, 0.4) is 0 Å². The lowest BCUT2D eigenvalue weighted by Gasteiger charge is -2.30. The molecule has 0 bridgehead atoms. The fourth-order valence-corrected chi connectivity index (χ4v) is 3.69. The highest BCUT2D eigenvalue weighted by atomic mass is 79.9. The number of anilines is 1. The third kappa shape index (κ3) is 3.40. The molecule has 1 aromatic heterocycles. The molecule has 2 heterocycles. The molecule has 4 rings (SSSR count). The van der Waals surface area contributed by atoms with E-state index in [1.807, 2.05) is 55.5 Å². The zero-order valence-corrected chi connectivity index (χ0v) is 16.2. The Morgan fingerprint density at radius 1 is 1.15 bits per heavy atom. The van der Waals surface area contributed by atoms with Gasteiger partial charge in [0.1, 0.15) is 6.54 Å². The molecule has 27 heavy (non-hydrogen) atoms. The summed E-state index contributed by atoms with van der Waals surface area (Å²) in [7, 11) is 0. The first-order valence-electron chi connectivity index (χ1n) is 8.54. The third-order valence-electron chi connectivity index (χ3n) is 4.56. The number of benzene rings is 2. The second-order valence-electron chi connectivity index (χ2n) is 6.49. The predicted molar refractivity (Wildman–Crippen MR) is 106 cm³/mol. The Kier molecular flexibility index (Phi) is 4.58. The summed E-state index contributed by atoms with van der Waals surface area (Å²) >= 11 is 3.23. The molecule has 2 aromatic carbocycles. The van der Waals surface area contributed by atoms with Gasteiger partial charge in [0, 0.05) is 11.3 Å². The first-order valence-corrected chi connectivity index (χ1v) is 9.34. The Morgan fingerprint density at radius 3 is 2.63 bits per heavy atom. The van der Waals surface area contributed by atoms with Crippen LogP contribution >= 0.6 is 15.9 Å². The molecule has 0 fully saturated rings. The lowest BCUT2D eigenvalue weighted by molar-refractivity contribution is -0.117. The van der Waals surface area contributed by atoms with Crippen LogP contribution in [0.5, 0.6) is 0 Å². The Hall–Kier alpha value is -2.86. The monoisotopic (exact) mass is 424 g/mol. The third-order valence-corrected chi connectivity index (χ3v) is 4.99. The quantitative estimate of drug-likeness (QED) is 0.656. The fourth-order valence-electron chi connectivity index (χ4n) is 3.38. The predicted octanol–water partition coefficient (Wildman–Crippen LogP) is 4.53. The standard InChI is InChI=1S/C21H17BrN2O3/c1-13-7-8-16-15(11-13)20(14-5-3-2-4-6-14)24(12-19(25)23-16)21(26)17-9-10-18(22)27-17/h2-11,20H,12H2,1H3,(H,23,25)/t20-/m0/s1. The highest BCUT2D eigenvalue weighted by Gasteiger charge is 2.35. The van der Waals surface area contributed by atoms with Crippen molar-refractivity contribution >= 4 is 33.4 Å². The highest BCUT2D eigenvalue weighted by Crippen LogP contribution is 2.37. The number of halogens is 1. The van der Waals surface area contributed by atoms with Gasteiger partial charge >= 0.3 is 0 Å². The van der Waals surface area contributed by atoms with E-state index in [-0.39, 0.29) is 24.1 Å². The van der Waals surface area contributed by atoms with Crippen molar-refractivity contribution in [2.45, 2.75) is 13.0 Å². The maximum atomic E-state index is 13.2. The number of carbonyl (C=O) groups is 2. The van der Waals surface area contributed by atoms with Crippen LogP contribution in [0.1, 0.15) is 33.3 Å². The Morgan fingerprint density at radius 2 is 1.93 bits per heavy atom. The number of fused-ring (bicyclic) bond motifs is 1. The smallest absolute Gasteiger partial charge is 0.290 e. The second-order valence-corrected chi connectivity index (χ2v) is 7.27. The molecule has 2 amide bonds. The molecule has 0 radical (unpaired) electrons. The van der Waals surface area contributed by atoms with Crippen molar-refractivity contribution in [1.82, 2.24) is 4.90 Å². The molecule has 3 aromatic rings. The van der Waals surface area contributed by atoms with Crippen molar-refractivity contribution in [3.8, 4) is 0 Å². The van der Waals surface area contributed by atoms with E-state index >= 15 is 0 Å². The van der Waals surface area contributed by atoms with E-state index in [4.69, 9.17) is 4.42 Å². The molecule has 5 nitrogen and oxygen atoms in total. The summed E-state index contributed by atoms with van der Waals surface area (Å²) in [5, 5.41) is 2.92. The van der Waals surface area contributed by atoms with E-state index in [1.54, 1.807) is 17.0 Å². The molecule has 136 valence electrons. The SMILES string of the molecule is Cc1ccc2c(c1)[C@H](c1ccccc1)N(C(=O)c1ccc(Br)o1)CC(=O)N2. The van der Waals surface area contributed by atoms with Crippen LogP contribution in [0.25, 0.3) is 0 Å². The minimum absolute atomic E-state index is 0.0650. The van der Waals surface area contributed by atoms with Gasteiger partial charge in [-0.25, -0.2) is 0 Å². The zero-order chi connectivity index (χ0) is 19.0. The number of hydrogen-bond donors (Lipinski definition) is 1. The second kappa shape index (κ2) is 7.04. The molecule has 1 aliphatic heterocycles. The normalized spacial score (nSPS) is 16.4. The van der Waals surface area contributed by atoms with Crippen LogP contribution in [-0.4, -0.2) is 23.3 Å². The summed E-state index contributed by atoms with van der Waals surface area (Å²) in [5.41, 5.74) is 3.58. The summed E-state index contributed by atoms with van der Waals surface area (Å²) in [5.74, 6) is -0.386. The topological polar surface area (TPSA) is 62.6 Å². The van der Waals surface area contributed by atoms with E-state index in [0.29, 0.717) is 4.67 Å². The minimum atomic E-state index is -0.406. The van der Waals surface area contributed by atoms with Gasteiger partial charge in [0.05, 0.1) is 6.04 Å². The number of amides is 2. The van der Waals surface area contributed by atoms with Crippen LogP contribution in [0.2, 0.25) is 0 Å². The van der Waals surface area contributed by atoms with Crippen molar-refractivity contribution in [2.75, 3.05) is 11.9 Å². The van der Waals surface area contributed by atoms with E-state index in [1.165, 1.54) is 0 Å². The number of nitrogens with zero attached hydrogens (tertiary/aromatic N) is 1. The lowest BCUT2D eigenvalue weighted by atomic mass is 9.94. The summed E-state index contributed by atoms with van der Waals surface area (Å²) in [6.07, 6.45) is 0.